The number of benzene rings is 1. The predicted molar refractivity (Wildman–Crippen MR) is 69.3 cm³/mol. The molecule has 2 atom stereocenters. The lowest BCUT2D eigenvalue weighted by Gasteiger charge is -2.23. The van der Waals surface area contributed by atoms with Crippen molar-refractivity contribution in [2.45, 2.75) is 34.9 Å². The Morgan fingerprint density at radius 2 is 2.28 bits per heavy atom. The summed E-state index contributed by atoms with van der Waals surface area (Å²) in [5.41, 5.74) is -0.844. The molecule has 1 saturated carbocycles. The second-order valence-corrected chi connectivity index (χ2v) is 5.89. The van der Waals surface area contributed by atoms with Gasteiger partial charge in [0.1, 0.15) is 11.4 Å². The summed E-state index contributed by atoms with van der Waals surface area (Å²) >= 11 is 1.43. The van der Waals surface area contributed by atoms with Crippen LogP contribution in [0.15, 0.2) is 29.2 Å². The fraction of sp³-hybridized carbons (Fsp3) is 0.462. The Morgan fingerprint density at radius 3 is 2.83 bits per heavy atom. The van der Waals surface area contributed by atoms with E-state index >= 15 is 0 Å². The van der Waals surface area contributed by atoms with Crippen LogP contribution in [0.3, 0.4) is 0 Å². The van der Waals surface area contributed by atoms with Crippen molar-refractivity contribution in [3.63, 3.8) is 0 Å². The number of hydrogen-bond donors (Lipinski definition) is 2. The first-order chi connectivity index (χ1) is 8.57. The maximum atomic E-state index is 13.5. The van der Waals surface area contributed by atoms with E-state index in [2.05, 4.69) is 5.32 Å². The molecular formula is C13H16FNO2S. The summed E-state index contributed by atoms with van der Waals surface area (Å²) in [4.78, 5) is 11.9. The summed E-state index contributed by atoms with van der Waals surface area (Å²) in [5.74, 6) is -1.05. The summed E-state index contributed by atoms with van der Waals surface area (Å²) in [6.45, 7) is 0. The van der Waals surface area contributed by atoms with Gasteiger partial charge in [-0.2, -0.15) is 0 Å². The van der Waals surface area contributed by atoms with Crippen molar-refractivity contribution in [2.75, 3.05) is 7.05 Å². The average Bonchev–Trinajstić information content (AvgIpc) is 2.77. The lowest BCUT2D eigenvalue weighted by atomic mass is 9.99. The van der Waals surface area contributed by atoms with Gasteiger partial charge in [0.15, 0.2) is 0 Å². The van der Waals surface area contributed by atoms with Crippen molar-refractivity contribution < 1.29 is 14.3 Å². The molecule has 2 N–H and O–H groups in total. The molecule has 0 heterocycles. The summed E-state index contributed by atoms with van der Waals surface area (Å²) < 4.78 is 13.5. The average molecular weight is 269 g/mol. The molecule has 98 valence electrons. The topological polar surface area (TPSA) is 49.3 Å². The first-order valence-corrected chi connectivity index (χ1v) is 6.79. The molecule has 0 saturated heterocycles. The highest BCUT2D eigenvalue weighted by Gasteiger charge is 2.44. The second-order valence-electron chi connectivity index (χ2n) is 4.55. The molecule has 0 spiro atoms. The van der Waals surface area contributed by atoms with Crippen LogP contribution >= 0.6 is 11.8 Å². The van der Waals surface area contributed by atoms with Crippen molar-refractivity contribution >= 4 is 17.7 Å². The molecule has 1 aromatic carbocycles. The third-order valence-electron chi connectivity index (χ3n) is 3.49. The van der Waals surface area contributed by atoms with E-state index in [4.69, 9.17) is 0 Å². The van der Waals surface area contributed by atoms with Crippen LogP contribution in [-0.2, 0) is 4.79 Å². The molecule has 0 aliphatic heterocycles. The van der Waals surface area contributed by atoms with E-state index in [9.17, 15) is 14.3 Å². The third-order valence-corrected chi connectivity index (χ3v) is 4.81. The quantitative estimate of drug-likeness (QED) is 0.882. The smallest absolute Gasteiger partial charge is 0.323 e. The van der Waals surface area contributed by atoms with Crippen molar-refractivity contribution in [3.05, 3.63) is 30.1 Å². The van der Waals surface area contributed by atoms with Gasteiger partial charge in [-0.3, -0.25) is 4.79 Å². The zero-order chi connectivity index (χ0) is 13.2. The molecule has 2 unspecified atom stereocenters. The Morgan fingerprint density at radius 1 is 1.56 bits per heavy atom. The van der Waals surface area contributed by atoms with Gasteiger partial charge in [-0.15, -0.1) is 11.8 Å². The molecule has 3 nitrogen and oxygen atoms in total. The van der Waals surface area contributed by atoms with Gasteiger partial charge in [-0.05, 0) is 38.4 Å². The van der Waals surface area contributed by atoms with Gasteiger partial charge in [0, 0.05) is 10.1 Å². The van der Waals surface area contributed by atoms with Gasteiger partial charge in [-0.25, -0.2) is 4.39 Å². The van der Waals surface area contributed by atoms with Crippen molar-refractivity contribution in [1.82, 2.24) is 5.32 Å². The number of hydrogen-bond acceptors (Lipinski definition) is 3. The summed E-state index contributed by atoms with van der Waals surface area (Å²) in [6.07, 6.45) is 1.90. The minimum atomic E-state index is -0.844. The molecule has 1 fully saturated rings. The van der Waals surface area contributed by atoms with Crippen LogP contribution in [0.2, 0.25) is 0 Å². The SMILES string of the molecule is CNC1(C(=O)O)CCC(Sc2ccccc2F)C1. The van der Waals surface area contributed by atoms with Crippen LogP contribution in [-0.4, -0.2) is 28.9 Å². The number of likely N-dealkylation sites (N-methyl/N-ethyl adjacent to an activating group) is 1. The zero-order valence-electron chi connectivity index (χ0n) is 10.1. The molecule has 0 radical (unpaired) electrons. The number of carbonyl (C=O) groups is 1. The minimum Gasteiger partial charge on any atom is -0.480 e. The molecular weight excluding hydrogens is 253 g/mol. The fourth-order valence-electron chi connectivity index (χ4n) is 2.35. The maximum absolute atomic E-state index is 13.5. The van der Waals surface area contributed by atoms with Gasteiger partial charge in [0.05, 0.1) is 0 Å². The van der Waals surface area contributed by atoms with Gasteiger partial charge in [0.25, 0.3) is 0 Å². The molecule has 1 aliphatic rings. The van der Waals surface area contributed by atoms with E-state index in [1.54, 1.807) is 25.2 Å². The minimum absolute atomic E-state index is 0.144. The molecule has 0 aromatic heterocycles. The van der Waals surface area contributed by atoms with Crippen LogP contribution in [0.1, 0.15) is 19.3 Å². The highest BCUT2D eigenvalue weighted by molar-refractivity contribution is 8.00. The van der Waals surface area contributed by atoms with Gasteiger partial charge >= 0.3 is 5.97 Å². The normalized spacial score (nSPS) is 27.3. The van der Waals surface area contributed by atoms with E-state index in [1.807, 2.05) is 0 Å². The highest BCUT2D eigenvalue weighted by atomic mass is 32.2. The molecule has 5 heteroatoms. The summed E-state index contributed by atoms with van der Waals surface area (Å²) in [6, 6.07) is 6.62. The van der Waals surface area contributed by atoms with E-state index in [0.29, 0.717) is 17.7 Å². The highest BCUT2D eigenvalue weighted by Crippen LogP contribution is 2.40. The van der Waals surface area contributed by atoms with Crippen LogP contribution in [0.5, 0.6) is 0 Å². The zero-order valence-corrected chi connectivity index (χ0v) is 11.0. The molecule has 0 amide bonds. The standard InChI is InChI=1S/C13H16FNO2S/c1-15-13(12(16)17)7-6-9(8-13)18-11-5-3-2-4-10(11)14/h2-5,9,15H,6-8H2,1H3,(H,16,17). The molecule has 18 heavy (non-hydrogen) atoms. The Labute approximate surface area is 110 Å². The van der Waals surface area contributed by atoms with Gasteiger partial charge in [-0.1, -0.05) is 12.1 Å². The Balaban J connectivity index is 2.06. The first kappa shape index (κ1) is 13.4. The fourth-order valence-corrected chi connectivity index (χ4v) is 3.65. The number of nitrogens with one attached hydrogen (secondary N) is 1. The number of halogens is 1. The van der Waals surface area contributed by atoms with Crippen molar-refractivity contribution in [1.29, 1.82) is 0 Å². The Kier molecular flexibility index (Phi) is 3.92. The summed E-state index contributed by atoms with van der Waals surface area (Å²) in [7, 11) is 1.67. The number of carboxylic acid groups (broad SMARTS) is 1. The van der Waals surface area contributed by atoms with Gasteiger partial charge < -0.3 is 10.4 Å². The summed E-state index contributed by atoms with van der Waals surface area (Å²) in [5, 5.41) is 12.3. The monoisotopic (exact) mass is 269 g/mol. The van der Waals surface area contributed by atoms with Crippen molar-refractivity contribution in [2.24, 2.45) is 0 Å². The lowest BCUT2D eigenvalue weighted by molar-refractivity contribution is -0.144. The number of carboxylic acids is 1. The van der Waals surface area contributed by atoms with Crippen LogP contribution in [0.4, 0.5) is 4.39 Å². The van der Waals surface area contributed by atoms with Crippen LogP contribution < -0.4 is 5.32 Å². The number of rotatable bonds is 4. The maximum Gasteiger partial charge on any atom is 0.323 e. The van der Waals surface area contributed by atoms with Crippen molar-refractivity contribution in [3.8, 4) is 0 Å². The third kappa shape index (κ3) is 2.52. The Hall–Kier alpha value is -1.07. The second kappa shape index (κ2) is 5.28. The lowest BCUT2D eigenvalue weighted by Crippen LogP contribution is -2.48. The molecule has 0 bridgehead atoms. The van der Waals surface area contributed by atoms with Gasteiger partial charge in [0.2, 0.25) is 0 Å². The number of aliphatic carboxylic acids is 1. The molecule has 2 rings (SSSR count). The van der Waals surface area contributed by atoms with Crippen LogP contribution in [0, 0.1) is 5.82 Å². The van der Waals surface area contributed by atoms with E-state index < -0.39 is 11.5 Å². The Bertz CT molecular complexity index is 454. The molecule has 1 aliphatic carbocycles. The van der Waals surface area contributed by atoms with E-state index in [1.165, 1.54) is 17.8 Å². The van der Waals surface area contributed by atoms with Crippen LogP contribution in [0.25, 0.3) is 0 Å². The molecule has 1 aromatic rings. The predicted octanol–water partition coefficient (Wildman–Crippen LogP) is 2.51. The van der Waals surface area contributed by atoms with E-state index in [0.717, 1.165) is 6.42 Å². The first-order valence-electron chi connectivity index (χ1n) is 5.91. The largest absolute Gasteiger partial charge is 0.480 e. The number of thioether (sulfide) groups is 1. The van der Waals surface area contributed by atoms with E-state index in [-0.39, 0.29) is 11.1 Å².